The molecule has 0 aliphatic heterocycles. The number of hydrogen-bond acceptors (Lipinski definition) is 2. The number of fused-ring (bicyclic) bond motifs is 1. The number of aromatic nitrogens is 2. The number of methoxy groups -OCH3 is 1. The van der Waals surface area contributed by atoms with Gasteiger partial charge in [0, 0.05) is 11.1 Å². The van der Waals surface area contributed by atoms with E-state index in [0.717, 1.165) is 17.7 Å². The fourth-order valence-corrected chi connectivity index (χ4v) is 1.82. The van der Waals surface area contributed by atoms with Gasteiger partial charge < -0.3 is 4.74 Å². The van der Waals surface area contributed by atoms with Gasteiger partial charge in [-0.2, -0.15) is 5.10 Å². The van der Waals surface area contributed by atoms with E-state index in [1.807, 2.05) is 12.1 Å². The predicted octanol–water partition coefficient (Wildman–Crippen LogP) is 3.16. The molecule has 0 saturated heterocycles. The minimum absolute atomic E-state index is 0.676. The van der Waals surface area contributed by atoms with Gasteiger partial charge in [0.2, 0.25) is 0 Å². The molecule has 1 aromatic heterocycles. The molecule has 0 spiro atoms. The highest BCUT2D eigenvalue weighted by molar-refractivity contribution is 5.82. The highest BCUT2D eigenvalue weighted by Crippen LogP contribution is 2.24. The van der Waals surface area contributed by atoms with Crippen LogP contribution >= 0.6 is 0 Å². The second kappa shape index (κ2) is 4.56. The Kier molecular flexibility index (Phi) is 3.13. The van der Waals surface area contributed by atoms with E-state index in [-0.39, 0.29) is 0 Å². The molecule has 86 valence electrons. The smallest absolute Gasteiger partial charge is 0.119 e. The van der Waals surface area contributed by atoms with Crippen LogP contribution in [0.15, 0.2) is 18.2 Å². The molecule has 2 rings (SSSR count). The SMILES string of the molecule is CCC(C)Cc1[nH]nc2ccc(OC)cc12. The van der Waals surface area contributed by atoms with Crippen molar-refractivity contribution in [1.29, 1.82) is 0 Å². The molecule has 1 heterocycles. The second-order valence-corrected chi connectivity index (χ2v) is 4.30. The van der Waals surface area contributed by atoms with Crippen molar-refractivity contribution in [2.45, 2.75) is 26.7 Å². The molecule has 0 bridgehead atoms. The number of aromatic amines is 1. The van der Waals surface area contributed by atoms with Gasteiger partial charge in [-0.1, -0.05) is 20.3 Å². The van der Waals surface area contributed by atoms with E-state index in [1.165, 1.54) is 17.5 Å². The molecule has 0 radical (unpaired) electrons. The molecule has 0 saturated carbocycles. The van der Waals surface area contributed by atoms with Crippen molar-refractivity contribution in [3.8, 4) is 5.75 Å². The predicted molar refractivity (Wildman–Crippen MR) is 65.8 cm³/mol. The molecule has 1 aromatic carbocycles. The summed E-state index contributed by atoms with van der Waals surface area (Å²) in [5.41, 5.74) is 2.22. The molecule has 0 aliphatic carbocycles. The summed E-state index contributed by atoms with van der Waals surface area (Å²) in [4.78, 5) is 0. The Labute approximate surface area is 95.8 Å². The van der Waals surface area contributed by atoms with Gasteiger partial charge >= 0.3 is 0 Å². The standard InChI is InChI=1S/C13H18N2O/c1-4-9(2)7-13-11-8-10(16-3)5-6-12(11)14-15-13/h5-6,8-9H,4,7H2,1-3H3,(H,14,15). The summed E-state index contributed by atoms with van der Waals surface area (Å²) >= 11 is 0. The van der Waals surface area contributed by atoms with Crippen LogP contribution in [0.5, 0.6) is 5.75 Å². The Morgan fingerprint density at radius 1 is 1.44 bits per heavy atom. The fourth-order valence-electron chi connectivity index (χ4n) is 1.82. The van der Waals surface area contributed by atoms with Gasteiger partial charge in [-0.3, -0.25) is 5.10 Å². The van der Waals surface area contributed by atoms with E-state index in [9.17, 15) is 0 Å². The van der Waals surface area contributed by atoms with Gasteiger partial charge in [0.15, 0.2) is 0 Å². The molecule has 1 unspecified atom stereocenters. The monoisotopic (exact) mass is 218 g/mol. The topological polar surface area (TPSA) is 37.9 Å². The van der Waals surface area contributed by atoms with Crippen molar-refractivity contribution in [3.05, 3.63) is 23.9 Å². The van der Waals surface area contributed by atoms with Gasteiger partial charge in [-0.25, -0.2) is 0 Å². The van der Waals surface area contributed by atoms with Crippen LogP contribution in [0, 0.1) is 5.92 Å². The van der Waals surface area contributed by atoms with E-state index < -0.39 is 0 Å². The number of nitrogens with zero attached hydrogens (tertiary/aromatic N) is 1. The summed E-state index contributed by atoms with van der Waals surface area (Å²) in [5.74, 6) is 1.56. The Bertz CT molecular complexity index is 476. The normalized spacial score (nSPS) is 12.9. The molecular weight excluding hydrogens is 200 g/mol. The Hall–Kier alpha value is -1.51. The van der Waals surface area contributed by atoms with Crippen molar-refractivity contribution < 1.29 is 4.74 Å². The van der Waals surface area contributed by atoms with E-state index in [1.54, 1.807) is 7.11 Å². The third-order valence-corrected chi connectivity index (χ3v) is 3.09. The van der Waals surface area contributed by atoms with Crippen LogP contribution in [-0.4, -0.2) is 17.3 Å². The van der Waals surface area contributed by atoms with Gasteiger partial charge in [-0.15, -0.1) is 0 Å². The van der Waals surface area contributed by atoms with Crippen LogP contribution in [0.2, 0.25) is 0 Å². The number of benzene rings is 1. The zero-order chi connectivity index (χ0) is 11.5. The average Bonchev–Trinajstić information content (AvgIpc) is 2.71. The Balaban J connectivity index is 2.38. The largest absolute Gasteiger partial charge is 0.497 e. The maximum atomic E-state index is 5.24. The second-order valence-electron chi connectivity index (χ2n) is 4.30. The number of nitrogens with one attached hydrogen (secondary N) is 1. The van der Waals surface area contributed by atoms with Crippen LogP contribution in [0.25, 0.3) is 10.9 Å². The quantitative estimate of drug-likeness (QED) is 0.856. The lowest BCUT2D eigenvalue weighted by atomic mass is 10.0. The van der Waals surface area contributed by atoms with E-state index in [4.69, 9.17) is 4.74 Å². The van der Waals surface area contributed by atoms with Crippen molar-refractivity contribution in [3.63, 3.8) is 0 Å². The first-order valence-electron chi connectivity index (χ1n) is 5.75. The first-order chi connectivity index (χ1) is 7.74. The summed E-state index contributed by atoms with van der Waals surface area (Å²) < 4.78 is 5.24. The summed E-state index contributed by atoms with van der Waals surface area (Å²) in [7, 11) is 1.69. The van der Waals surface area contributed by atoms with Crippen LogP contribution in [0.4, 0.5) is 0 Å². The molecule has 3 nitrogen and oxygen atoms in total. The summed E-state index contributed by atoms with van der Waals surface area (Å²) in [6.07, 6.45) is 2.23. The summed E-state index contributed by atoms with van der Waals surface area (Å²) in [5, 5.41) is 8.61. The third kappa shape index (κ3) is 2.03. The van der Waals surface area contributed by atoms with Crippen LogP contribution in [-0.2, 0) is 6.42 Å². The Morgan fingerprint density at radius 3 is 2.94 bits per heavy atom. The molecule has 16 heavy (non-hydrogen) atoms. The first kappa shape index (κ1) is 11.0. The van der Waals surface area contributed by atoms with E-state index in [0.29, 0.717) is 5.92 Å². The maximum Gasteiger partial charge on any atom is 0.119 e. The molecule has 1 N–H and O–H groups in total. The average molecular weight is 218 g/mol. The molecule has 3 heteroatoms. The summed E-state index contributed by atoms with van der Waals surface area (Å²) in [6.45, 7) is 4.47. The van der Waals surface area contributed by atoms with Gasteiger partial charge in [-0.05, 0) is 30.5 Å². The van der Waals surface area contributed by atoms with E-state index >= 15 is 0 Å². The van der Waals surface area contributed by atoms with Gasteiger partial charge in [0.25, 0.3) is 0 Å². The molecular formula is C13H18N2O. The maximum absolute atomic E-state index is 5.24. The third-order valence-electron chi connectivity index (χ3n) is 3.09. The molecule has 1 atom stereocenters. The number of hydrogen-bond donors (Lipinski definition) is 1. The minimum atomic E-state index is 0.676. The number of ether oxygens (including phenoxy) is 1. The lowest BCUT2D eigenvalue weighted by Crippen LogP contribution is -1.98. The van der Waals surface area contributed by atoms with Crippen LogP contribution < -0.4 is 4.74 Å². The lowest BCUT2D eigenvalue weighted by Gasteiger charge is -2.06. The van der Waals surface area contributed by atoms with E-state index in [2.05, 4.69) is 30.1 Å². The van der Waals surface area contributed by atoms with Crippen molar-refractivity contribution in [2.24, 2.45) is 5.92 Å². The number of H-pyrrole nitrogens is 1. The summed E-state index contributed by atoms with van der Waals surface area (Å²) in [6, 6.07) is 5.98. The van der Waals surface area contributed by atoms with Crippen molar-refractivity contribution >= 4 is 10.9 Å². The number of rotatable bonds is 4. The molecule has 0 fully saturated rings. The van der Waals surface area contributed by atoms with Gasteiger partial charge in [0.1, 0.15) is 5.75 Å². The highest BCUT2D eigenvalue weighted by atomic mass is 16.5. The zero-order valence-electron chi connectivity index (χ0n) is 10.1. The van der Waals surface area contributed by atoms with Crippen molar-refractivity contribution in [1.82, 2.24) is 10.2 Å². The zero-order valence-corrected chi connectivity index (χ0v) is 10.1. The lowest BCUT2D eigenvalue weighted by molar-refractivity contribution is 0.415. The van der Waals surface area contributed by atoms with Gasteiger partial charge in [0.05, 0.1) is 12.6 Å². The highest BCUT2D eigenvalue weighted by Gasteiger charge is 2.09. The molecule has 2 aromatic rings. The fraction of sp³-hybridized carbons (Fsp3) is 0.462. The van der Waals surface area contributed by atoms with Crippen molar-refractivity contribution in [2.75, 3.05) is 7.11 Å². The molecule has 0 aliphatic rings. The van der Waals surface area contributed by atoms with Crippen LogP contribution in [0.1, 0.15) is 26.0 Å². The molecule has 0 amide bonds. The minimum Gasteiger partial charge on any atom is -0.497 e. The van der Waals surface area contributed by atoms with Crippen LogP contribution in [0.3, 0.4) is 0 Å². The first-order valence-corrected chi connectivity index (χ1v) is 5.75. The Morgan fingerprint density at radius 2 is 2.25 bits per heavy atom.